The van der Waals surface area contributed by atoms with Crippen LogP contribution in [0.1, 0.15) is 18.1 Å². The van der Waals surface area contributed by atoms with Crippen molar-refractivity contribution in [3.05, 3.63) is 59.7 Å². The highest BCUT2D eigenvalue weighted by atomic mass is 14.5. The number of aryl methyl sites for hydroxylation is 1. The van der Waals surface area contributed by atoms with Gasteiger partial charge in [0.15, 0.2) is 0 Å². The van der Waals surface area contributed by atoms with Crippen LogP contribution in [0.15, 0.2) is 48.5 Å². The number of benzene rings is 2. The maximum absolute atomic E-state index is 5.69. The molecule has 82 valence electrons. The molecule has 0 amide bonds. The Morgan fingerprint density at radius 2 is 1.75 bits per heavy atom. The third-order valence-electron chi connectivity index (χ3n) is 2.88. The first-order valence-corrected chi connectivity index (χ1v) is 5.72. The zero-order chi connectivity index (χ0) is 11.4. The molecule has 2 aromatic carbocycles. The third kappa shape index (κ3) is 2.15. The molecule has 2 N–H and O–H groups in total. The molecule has 0 aliphatic rings. The molecule has 16 heavy (non-hydrogen) atoms. The van der Waals surface area contributed by atoms with E-state index in [-0.39, 0.29) is 0 Å². The van der Waals surface area contributed by atoms with Crippen LogP contribution in [0.3, 0.4) is 0 Å². The summed E-state index contributed by atoms with van der Waals surface area (Å²) in [5.74, 6) is 0. The summed E-state index contributed by atoms with van der Waals surface area (Å²) in [6.07, 6.45) is 1.05. The van der Waals surface area contributed by atoms with Gasteiger partial charge in [0, 0.05) is 6.54 Å². The predicted molar refractivity (Wildman–Crippen MR) is 69.1 cm³/mol. The number of rotatable bonds is 3. The fraction of sp³-hybridized carbons (Fsp3) is 0.200. The van der Waals surface area contributed by atoms with E-state index in [1.807, 2.05) is 6.07 Å². The van der Waals surface area contributed by atoms with Gasteiger partial charge < -0.3 is 5.73 Å². The van der Waals surface area contributed by atoms with Gasteiger partial charge in [-0.15, -0.1) is 0 Å². The lowest BCUT2D eigenvalue weighted by Crippen LogP contribution is -1.98. The van der Waals surface area contributed by atoms with Gasteiger partial charge in [0.05, 0.1) is 0 Å². The predicted octanol–water partition coefficient (Wildman–Crippen LogP) is 3.37. The van der Waals surface area contributed by atoms with E-state index < -0.39 is 0 Å². The van der Waals surface area contributed by atoms with Crippen molar-refractivity contribution in [1.29, 1.82) is 0 Å². The van der Waals surface area contributed by atoms with Crippen LogP contribution in [0.4, 0.5) is 0 Å². The summed E-state index contributed by atoms with van der Waals surface area (Å²) >= 11 is 0. The van der Waals surface area contributed by atoms with Crippen molar-refractivity contribution in [3.63, 3.8) is 0 Å². The van der Waals surface area contributed by atoms with E-state index in [9.17, 15) is 0 Å². The van der Waals surface area contributed by atoms with Crippen LogP contribution < -0.4 is 5.73 Å². The molecule has 0 saturated heterocycles. The van der Waals surface area contributed by atoms with E-state index in [2.05, 4.69) is 49.4 Å². The third-order valence-corrected chi connectivity index (χ3v) is 2.88. The average molecular weight is 211 g/mol. The van der Waals surface area contributed by atoms with E-state index in [1.54, 1.807) is 0 Å². The molecule has 2 rings (SSSR count). The van der Waals surface area contributed by atoms with Crippen molar-refractivity contribution >= 4 is 0 Å². The molecular weight excluding hydrogens is 194 g/mol. The van der Waals surface area contributed by atoms with Crippen LogP contribution in [0.2, 0.25) is 0 Å². The average Bonchev–Trinajstić information content (AvgIpc) is 2.39. The summed E-state index contributed by atoms with van der Waals surface area (Å²) in [5.41, 5.74) is 10.8. The Balaban J connectivity index is 2.53. The van der Waals surface area contributed by atoms with Gasteiger partial charge in [-0.25, -0.2) is 0 Å². The van der Waals surface area contributed by atoms with Crippen molar-refractivity contribution < 1.29 is 0 Å². The minimum Gasteiger partial charge on any atom is -0.326 e. The molecule has 0 atom stereocenters. The maximum atomic E-state index is 5.69. The van der Waals surface area contributed by atoms with Gasteiger partial charge in [-0.1, -0.05) is 49.4 Å². The first-order chi connectivity index (χ1) is 7.85. The molecule has 2 aromatic rings. The smallest absolute Gasteiger partial charge is 0.0178 e. The van der Waals surface area contributed by atoms with E-state index in [1.165, 1.54) is 22.3 Å². The van der Waals surface area contributed by atoms with Crippen LogP contribution in [-0.2, 0) is 13.0 Å². The maximum Gasteiger partial charge on any atom is 0.0178 e. The monoisotopic (exact) mass is 211 g/mol. The van der Waals surface area contributed by atoms with E-state index >= 15 is 0 Å². The highest BCUT2D eigenvalue weighted by molar-refractivity contribution is 5.68. The molecule has 0 spiro atoms. The summed E-state index contributed by atoms with van der Waals surface area (Å²) in [7, 11) is 0. The molecule has 0 aliphatic carbocycles. The first-order valence-electron chi connectivity index (χ1n) is 5.72. The number of nitrogens with two attached hydrogens (primary N) is 1. The fourth-order valence-corrected chi connectivity index (χ4v) is 1.95. The summed E-state index contributed by atoms with van der Waals surface area (Å²) in [6.45, 7) is 2.79. The summed E-state index contributed by atoms with van der Waals surface area (Å²) in [6, 6.07) is 17.0. The molecule has 0 unspecified atom stereocenters. The Morgan fingerprint density at radius 3 is 2.38 bits per heavy atom. The second-order valence-corrected chi connectivity index (χ2v) is 3.92. The minimum absolute atomic E-state index is 0.601. The molecule has 0 fully saturated rings. The van der Waals surface area contributed by atoms with Crippen LogP contribution in [-0.4, -0.2) is 0 Å². The molecule has 0 heterocycles. The van der Waals surface area contributed by atoms with Crippen LogP contribution in [0.25, 0.3) is 11.1 Å². The van der Waals surface area contributed by atoms with Crippen LogP contribution >= 0.6 is 0 Å². The van der Waals surface area contributed by atoms with Crippen LogP contribution in [0, 0.1) is 0 Å². The largest absolute Gasteiger partial charge is 0.326 e. The van der Waals surface area contributed by atoms with Gasteiger partial charge in [0.25, 0.3) is 0 Å². The summed E-state index contributed by atoms with van der Waals surface area (Å²) in [5, 5.41) is 0. The Kier molecular flexibility index (Phi) is 3.37. The Bertz CT molecular complexity index is 460. The Labute approximate surface area is 96.9 Å². The summed E-state index contributed by atoms with van der Waals surface area (Å²) < 4.78 is 0. The van der Waals surface area contributed by atoms with Crippen molar-refractivity contribution in [2.75, 3.05) is 0 Å². The first kappa shape index (κ1) is 10.9. The fourth-order valence-electron chi connectivity index (χ4n) is 1.95. The van der Waals surface area contributed by atoms with Gasteiger partial charge in [-0.2, -0.15) is 0 Å². The molecule has 1 heteroatoms. The lowest BCUT2D eigenvalue weighted by Gasteiger charge is -2.10. The second kappa shape index (κ2) is 4.95. The number of hydrogen-bond donors (Lipinski definition) is 1. The van der Waals surface area contributed by atoms with E-state index in [0.29, 0.717) is 6.54 Å². The molecule has 0 bridgehead atoms. The quantitative estimate of drug-likeness (QED) is 0.827. The molecule has 0 aliphatic heterocycles. The minimum atomic E-state index is 0.601. The van der Waals surface area contributed by atoms with E-state index in [0.717, 1.165) is 6.42 Å². The van der Waals surface area contributed by atoms with Gasteiger partial charge in [-0.3, -0.25) is 0 Å². The van der Waals surface area contributed by atoms with Crippen molar-refractivity contribution in [1.82, 2.24) is 0 Å². The SMILES string of the molecule is CCc1ccc(CN)cc1-c1ccccc1. The normalized spacial score (nSPS) is 10.4. The van der Waals surface area contributed by atoms with Gasteiger partial charge in [0.1, 0.15) is 0 Å². The van der Waals surface area contributed by atoms with Crippen molar-refractivity contribution in [3.8, 4) is 11.1 Å². The Morgan fingerprint density at radius 1 is 1.00 bits per heavy atom. The van der Waals surface area contributed by atoms with E-state index in [4.69, 9.17) is 5.73 Å². The van der Waals surface area contributed by atoms with Crippen LogP contribution in [0.5, 0.6) is 0 Å². The van der Waals surface area contributed by atoms with Gasteiger partial charge in [-0.05, 0) is 34.7 Å². The Hall–Kier alpha value is -1.60. The lowest BCUT2D eigenvalue weighted by atomic mass is 9.96. The van der Waals surface area contributed by atoms with Gasteiger partial charge >= 0.3 is 0 Å². The highest BCUT2D eigenvalue weighted by Crippen LogP contribution is 2.25. The second-order valence-electron chi connectivity index (χ2n) is 3.92. The highest BCUT2D eigenvalue weighted by Gasteiger charge is 2.04. The topological polar surface area (TPSA) is 26.0 Å². The lowest BCUT2D eigenvalue weighted by molar-refractivity contribution is 1.06. The zero-order valence-corrected chi connectivity index (χ0v) is 9.61. The molecule has 0 aromatic heterocycles. The molecule has 0 saturated carbocycles. The van der Waals surface area contributed by atoms with Gasteiger partial charge in [0.2, 0.25) is 0 Å². The molecular formula is C15H17N. The zero-order valence-electron chi connectivity index (χ0n) is 9.61. The molecule has 1 nitrogen and oxygen atoms in total. The summed E-state index contributed by atoms with van der Waals surface area (Å²) in [4.78, 5) is 0. The van der Waals surface area contributed by atoms with Crippen molar-refractivity contribution in [2.45, 2.75) is 19.9 Å². The number of hydrogen-bond acceptors (Lipinski definition) is 1. The van der Waals surface area contributed by atoms with Crippen molar-refractivity contribution in [2.24, 2.45) is 5.73 Å². The standard InChI is InChI=1S/C15H17N/c1-2-13-9-8-12(11-16)10-15(13)14-6-4-3-5-7-14/h3-10H,2,11,16H2,1H3. The molecule has 0 radical (unpaired) electrons.